The number of carbonyl (C=O) groups is 3. The number of thioether (sulfide) groups is 1. The van der Waals surface area contributed by atoms with Crippen LogP contribution in [0, 0.1) is 0 Å². The van der Waals surface area contributed by atoms with Gasteiger partial charge in [-0.2, -0.15) is 0 Å². The molecule has 5 rings (SSSR count). The summed E-state index contributed by atoms with van der Waals surface area (Å²) in [6.07, 6.45) is 1.12. The minimum Gasteiger partial charge on any atom is -0.494 e. The molecule has 1 fully saturated rings. The highest BCUT2D eigenvalue weighted by Gasteiger charge is 2.31. The highest BCUT2D eigenvalue weighted by Crippen LogP contribution is 2.35. The lowest BCUT2D eigenvalue weighted by Crippen LogP contribution is -2.45. The van der Waals surface area contributed by atoms with Gasteiger partial charge < -0.3 is 19.9 Å². The van der Waals surface area contributed by atoms with E-state index in [2.05, 4.69) is 10.2 Å². The molecule has 9 heteroatoms. The van der Waals surface area contributed by atoms with Gasteiger partial charge in [0, 0.05) is 35.4 Å². The molecule has 7 nitrogen and oxygen atoms in total. The molecule has 1 atom stereocenters. The first-order valence-electron chi connectivity index (χ1n) is 11.6. The summed E-state index contributed by atoms with van der Waals surface area (Å²) in [7, 11) is 0. The van der Waals surface area contributed by atoms with Gasteiger partial charge in [0.15, 0.2) is 0 Å². The summed E-state index contributed by atoms with van der Waals surface area (Å²) >= 11 is 6.93. The van der Waals surface area contributed by atoms with Gasteiger partial charge >= 0.3 is 0 Å². The minimum absolute atomic E-state index is 0.0456. The monoisotopic (exact) mass is 521 g/mol. The van der Waals surface area contributed by atoms with Crippen LogP contribution in [0.4, 0.5) is 16.2 Å². The number of hydrogen-bond acceptors (Lipinski definition) is 6. The van der Waals surface area contributed by atoms with Crippen molar-refractivity contribution in [3.63, 3.8) is 0 Å². The van der Waals surface area contributed by atoms with Crippen molar-refractivity contribution in [1.82, 2.24) is 10.2 Å². The number of ether oxygens (including phenoxy) is 1. The highest BCUT2D eigenvalue weighted by atomic mass is 35.5. The molecule has 184 valence electrons. The van der Waals surface area contributed by atoms with Gasteiger partial charge in [-0.05, 0) is 54.4 Å². The summed E-state index contributed by atoms with van der Waals surface area (Å²) in [5.74, 6) is 0.665. The van der Waals surface area contributed by atoms with Crippen LogP contribution in [0.2, 0.25) is 5.02 Å². The molecule has 2 aliphatic heterocycles. The van der Waals surface area contributed by atoms with Crippen molar-refractivity contribution in [1.29, 1.82) is 0 Å². The summed E-state index contributed by atoms with van der Waals surface area (Å²) in [6, 6.07) is 22.4. The minimum atomic E-state index is -0.480. The first-order valence-corrected chi connectivity index (χ1v) is 12.8. The van der Waals surface area contributed by atoms with Crippen molar-refractivity contribution >= 4 is 51.0 Å². The second-order valence-electron chi connectivity index (χ2n) is 8.59. The first kappa shape index (κ1) is 24.2. The van der Waals surface area contributed by atoms with Crippen LogP contribution >= 0.6 is 23.4 Å². The van der Waals surface area contributed by atoms with Crippen LogP contribution in [0.15, 0.2) is 72.8 Å². The Kier molecular flexibility index (Phi) is 7.16. The Morgan fingerprint density at radius 3 is 2.50 bits per heavy atom. The number of rotatable bonds is 8. The Morgan fingerprint density at radius 2 is 1.78 bits per heavy atom. The third-order valence-electron chi connectivity index (χ3n) is 6.12. The predicted molar refractivity (Wildman–Crippen MR) is 141 cm³/mol. The van der Waals surface area contributed by atoms with Crippen LogP contribution in [-0.4, -0.2) is 47.0 Å². The molecule has 0 aromatic heterocycles. The third-order valence-corrected chi connectivity index (χ3v) is 7.15. The zero-order chi connectivity index (χ0) is 25.1. The summed E-state index contributed by atoms with van der Waals surface area (Å²) in [5.41, 5.74) is 3.39. The van der Waals surface area contributed by atoms with E-state index in [1.165, 1.54) is 0 Å². The van der Waals surface area contributed by atoms with Crippen LogP contribution in [0.5, 0.6) is 5.75 Å². The van der Waals surface area contributed by atoms with E-state index in [1.807, 2.05) is 65.6 Å². The van der Waals surface area contributed by atoms with Crippen LogP contribution in [0.3, 0.4) is 0 Å². The molecular formula is C27H24ClN3O4S. The Morgan fingerprint density at radius 1 is 1.00 bits per heavy atom. The molecule has 0 aliphatic carbocycles. The summed E-state index contributed by atoms with van der Waals surface area (Å²) in [6.45, 7) is 1.43. The van der Waals surface area contributed by atoms with E-state index in [0.717, 1.165) is 28.7 Å². The van der Waals surface area contributed by atoms with E-state index in [0.29, 0.717) is 49.0 Å². The lowest BCUT2D eigenvalue weighted by molar-refractivity contribution is -0.112. The van der Waals surface area contributed by atoms with E-state index >= 15 is 0 Å². The van der Waals surface area contributed by atoms with Crippen LogP contribution in [0.25, 0.3) is 0 Å². The van der Waals surface area contributed by atoms with Gasteiger partial charge in [0.25, 0.3) is 11.1 Å². The number of amides is 2. The number of para-hydroxylation sites is 1. The maximum absolute atomic E-state index is 13.2. The lowest BCUT2D eigenvalue weighted by Gasteiger charge is -2.38. The molecule has 0 spiro atoms. The molecule has 0 bridgehead atoms. The van der Waals surface area contributed by atoms with E-state index in [4.69, 9.17) is 16.3 Å². The van der Waals surface area contributed by atoms with E-state index in [1.54, 1.807) is 12.1 Å². The van der Waals surface area contributed by atoms with Crippen molar-refractivity contribution in [2.75, 3.05) is 24.7 Å². The smallest absolute Gasteiger partial charge is 0.287 e. The average Bonchev–Trinajstić information content (AvgIpc) is 3.20. The Balaban J connectivity index is 1.17. The quantitative estimate of drug-likeness (QED) is 0.408. The fourth-order valence-electron chi connectivity index (χ4n) is 4.33. The van der Waals surface area contributed by atoms with Gasteiger partial charge in [-0.15, -0.1) is 0 Å². The van der Waals surface area contributed by atoms with Gasteiger partial charge in [-0.25, -0.2) is 0 Å². The highest BCUT2D eigenvalue weighted by molar-refractivity contribution is 8.26. The molecule has 2 amide bonds. The third kappa shape index (κ3) is 5.34. The van der Waals surface area contributed by atoms with Crippen molar-refractivity contribution in [2.24, 2.45) is 0 Å². The Bertz CT molecular complexity index is 1290. The molecule has 1 saturated heterocycles. The number of anilines is 2. The van der Waals surface area contributed by atoms with E-state index in [-0.39, 0.29) is 16.3 Å². The number of fused-ring (bicyclic) bond motifs is 1. The fourth-order valence-corrected chi connectivity index (χ4v) is 5.17. The Hall–Kier alpha value is -3.49. The second kappa shape index (κ2) is 10.6. The number of nitrogens with zero attached hydrogens (tertiary/aromatic N) is 2. The molecule has 36 heavy (non-hydrogen) atoms. The maximum atomic E-state index is 13.2. The van der Waals surface area contributed by atoms with Crippen molar-refractivity contribution in [3.05, 3.63) is 88.9 Å². The molecule has 0 saturated carbocycles. The number of carbonyl (C=O) groups excluding carboxylic acids is 3. The largest absolute Gasteiger partial charge is 0.494 e. The van der Waals surface area contributed by atoms with Gasteiger partial charge in [-0.1, -0.05) is 41.9 Å². The number of benzene rings is 3. The van der Waals surface area contributed by atoms with Crippen molar-refractivity contribution in [2.45, 2.75) is 18.9 Å². The number of nitrogens with one attached hydrogen (secondary N) is 1. The lowest BCUT2D eigenvalue weighted by atomic mass is 10.1. The molecule has 1 unspecified atom stereocenters. The van der Waals surface area contributed by atoms with Gasteiger partial charge in [0.2, 0.25) is 5.12 Å². The molecule has 2 aliphatic rings. The summed E-state index contributed by atoms with van der Waals surface area (Å²) in [4.78, 5) is 40.2. The zero-order valence-electron chi connectivity index (χ0n) is 19.4. The van der Waals surface area contributed by atoms with Crippen molar-refractivity contribution < 1.29 is 19.1 Å². The molecule has 3 aromatic rings. The normalized spacial score (nSPS) is 17.2. The molecule has 1 N–H and O–H groups in total. The van der Waals surface area contributed by atoms with E-state index in [9.17, 15) is 14.4 Å². The van der Waals surface area contributed by atoms with Crippen molar-refractivity contribution in [3.8, 4) is 5.75 Å². The molecular weight excluding hydrogens is 498 g/mol. The molecule has 2 heterocycles. The van der Waals surface area contributed by atoms with Gasteiger partial charge in [0.05, 0.1) is 24.5 Å². The van der Waals surface area contributed by atoms with Gasteiger partial charge in [0.1, 0.15) is 11.8 Å². The van der Waals surface area contributed by atoms with Gasteiger partial charge in [-0.3, -0.25) is 14.4 Å². The topological polar surface area (TPSA) is 79.0 Å². The fraction of sp³-hybridized carbons (Fsp3) is 0.222. The standard InChI is InChI=1S/C27H24ClN3O4S/c28-19-9-12-24-22(16-19)25(32)30(17-31(24)20-5-2-1-3-6-20)13-4-14-35-21-10-7-18(8-11-21)15-23-26(33)36-27(34)29-23/h1-3,5-12,16,23H,4,13-15,17H2,(H,29,34). The average molecular weight is 522 g/mol. The zero-order valence-corrected chi connectivity index (χ0v) is 20.9. The number of halogens is 1. The first-order chi connectivity index (χ1) is 17.5. The second-order valence-corrected chi connectivity index (χ2v) is 10.0. The van der Waals surface area contributed by atoms with Crippen LogP contribution in [0.1, 0.15) is 22.3 Å². The molecule has 0 radical (unpaired) electrons. The number of hydrogen-bond donors (Lipinski definition) is 1. The van der Waals surface area contributed by atoms with Crippen LogP contribution < -0.4 is 15.0 Å². The summed E-state index contributed by atoms with van der Waals surface area (Å²) < 4.78 is 5.88. The maximum Gasteiger partial charge on any atom is 0.287 e. The molecule has 3 aromatic carbocycles. The van der Waals surface area contributed by atoms with Crippen LogP contribution in [-0.2, 0) is 11.2 Å². The summed E-state index contributed by atoms with van der Waals surface area (Å²) in [5, 5.41) is 2.75. The SMILES string of the molecule is O=C1NC(Cc2ccc(OCCCN3CN(c4ccccc4)c4ccc(Cl)cc4C3=O)cc2)C(=O)S1. The van der Waals surface area contributed by atoms with E-state index < -0.39 is 6.04 Å². The Labute approximate surface area is 218 Å². The predicted octanol–water partition coefficient (Wildman–Crippen LogP) is 5.25.